The van der Waals surface area contributed by atoms with E-state index in [1.807, 2.05) is 50.6 Å². The second kappa shape index (κ2) is 17.8. The van der Waals surface area contributed by atoms with Gasteiger partial charge in [0.15, 0.2) is 17.7 Å². The number of ketones is 2. The Morgan fingerprint density at radius 3 is 2.38 bits per heavy atom. The number of cyclic esters (lactones) is 1. The highest BCUT2D eigenvalue weighted by molar-refractivity contribution is 6.00. The van der Waals surface area contributed by atoms with Crippen molar-refractivity contribution in [3.63, 3.8) is 0 Å². The fourth-order valence-corrected chi connectivity index (χ4v) is 9.19. The Balaban J connectivity index is 1.43. The number of hydrogen-bond donors (Lipinski definition) is 1. The number of hydrogen-bond acceptors (Lipinski definition) is 12. The molecule has 1 N–H and O–H groups in total. The zero-order valence-corrected chi connectivity index (χ0v) is 34.7. The zero-order chi connectivity index (χ0) is 41.1. The summed E-state index contributed by atoms with van der Waals surface area (Å²) in [4.78, 5) is 66.8. The third kappa shape index (κ3) is 8.88. The number of carbonyl (C=O) groups excluding carboxylic acids is 4. The average molecular weight is 783 g/mol. The lowest BCUT2D eigenvalue weighted by atomic mass is 9.73. The van der Waals surface area contributed by atoms with Crippen LogP contribution in [0.4, 0.5) is 4.79 Å². The van der Waals surface area contributed by atoms with Gasteiger partial charge in [-0.25, -0.2) is 9.78 Å². The van der Waals surface area contributed by atoms with Gasteiger partial charge in [-0.1, -0.05) is 34.6 Å². The zero-order valence-electron chi connectivity index (χ0n) is 34.7. The molecular weight excluding hydrogens is 720 g/mol. The van der Waals surface area contributed by atoms with E-state index in [0.717, 1.165) is 11.3 Å². The van der Waals surface area contributed by atoms with E-state index in [-0.39, 0.29) is 30.6 Å². The summed E-state index contributed by atoms with van der Waals surface area (Å²) < 4.78 is 33.0. The topological polar surface area (TPSA) is 169 Å². The van der Waals surface area contributed by atoms with Gasteiger partial charge < -0.3 is 38.3 Å². The summed E-state index contributed by atoms with van der Waals surface area (Å²) in [5.41, 5.74) is -0.904. The number of rotatable bonds is 10. The highest BCUT2D eigenvalue weighted by Gasteiger charge is 2.60. The molecule has 5 heterocycles. The first kappa shape index (κ1) is 43.4. The van der Waals surface area contributed by atoms with E-state index >= 15 is 0 Å². The number of aryl methyl sites for hydroxylation is 1. The third-order valence-electron chi connectivity index (χ3n) is 12.5. The summed E-state index contributed by atoms with van der Waals surface area (Å²) in [5.74, 6) is -5.01. The molecule has 14 heteroatoms. The van der Waals surface area contributed by atoms with Crippen molar-refractivity contribution in [2.45, 2.75) is 149 Å². The number of carbonyl (C=O) groups is 4. The normalized spacial score (nSPS) is 37.5. The number of ether oxygens (including phenoxy) is 5. The Morgan fingerprint density at radius 2 is 1.71 bits per heavy atom. The van der Waals surface area contributed by atoms with Crippen molar-refractivity contribution in [2.75, 3.05) is 13.7 Å². The number of methoxy groups -OCH3 is 1. The molecular formula is C42H62N4O10. The van der Waals surface area contributed by atoms with Crippen LogP contribution in [0.15, 0.2) is 37.1 Å². The molecule has 13 atom stereocenters. The summed E-state index contributed by atoms with van der Waals surface area (Å²) in [5, 5.41) is 11.1. The van der Waals surface area contributed by atoms with Crippen molar-refractivity contribution >= 4 is 23.6 Å². The van der Waals surface area contributed by atoms with Crippen LogP contribution in [0.25, 0.3) is 11.3 Å². The summed E-state index contributed by atoms with van der Waals surface area (Å²) in [6.07, 6.45) is 4.77. The van der Waals surface area contributed by atoms with Crippen molar-refractivity contribution in [1.29, 1.82) is 0 Å². The van der Waals surface area contributed by atoms with E-state index in [2.05, 4.69) is 9.97 Å². The molecule has 5 rings (SSSR count). The van der Waals surface area contributed by atoms with Gasteiger partial charge in [-0.3, -0.25) is 19.4 Å². The number of aliphatic hydroxyl groups is 1. The number of aliphatic hydroxyl groups excluding tert-OH is 1. The van der Waals surface area contributed by atoms with Gasteiger partial charge in [-0.15, -0.1) is 0 Å². The first-order valence-electron chi connectivity index (χ1n) is 20.2. The molecule has 3 aliphatic heterocycles. The standard InChI is InChI=1S/C42H62N4O10/c1-11-32-42(9)36(46(40(51)56-42)18-13-12-17-45-22-31(44-23-45)30-15-14-16-43-21-30)27(5)33(47)25(3)20-41(8,52-10)37(28(6)35(49)29(7)38(50)54-32)55-39-34(48)24(2)19-26(4)53-39/h14-16,21-29,32,34,36-37,39,48H,11-13,17-20H2,1-10H3/t24?,25-,26?,27+,28+,29-,32-,34?,36-,37-,39?,41-,42-/m1/s1. The van der Waals surface area contributed by atoms with E-state index in [9.17, 15) is 24.3 Å². The number of unbranched alkanes of at least 4 members (excludes halogenated alkanes) is 1. The van der Waals surface area contributed by atoms with E-state index < -0.39 is 83.4 Å². The summed E-state index contributed by atoms with van der Waals surface area (Å²) in [7, 11) is 1.50. The van der Waals surface area contributed by atoms with Crippen molar-refractivity contribution in [3.05, 3.63) is 37.1 Å². The Hall–Kier alpha value is -3.72. The molecule has 0 bridgehead atoms. The van der Waals surface area contributed by atoms with E-state index in [0.29, 0.717) is 32.4 Å². The lowest BCUT2D eigenvalue weighted by Crippen LogP contribution is -2.59. The Labute approximate surface area is 331 Å². The number of nitrogens with zero attached hydrogens (tertiary/aromatic N) is 4. The smallest absolute Gasteiger partial charge is 0.410 e. The summed E-state index contributed by atoms with van der Waals surface area (Å²) >= 11 is 0. The van der Waals surface area contributed by atoms with Crippen LogP contribution in [0.2, 0.25) is 0 Å². The molecule has 0 aliphatic carbocycles. The van der Waals surface area contributed by atoms with Gasteiger partial charge in [0.25, 0.3) is 0 Å². The van der Waals surface area contributed by atoms with Crippen molar-refractivity contribution in [3.8, 4) is 11.3 Å². The van der Waals surface area contributed by atoms with Crippen molar-refractivity contribution in [1.82, 2.24) is 19.4 Å². The monoisotopic (exact) mass is 782 g/mol. The first-order valence-corrected chi connectivity index (χ1v) is 20.2. The average Bonchev–Trinajstić information content (AvgIpc) is 3.75. The molecule has 3 fully saturated rings. The number of fused-ring (bicyclic) bond motifs is 1. The second-order valence-corrected chi connectivity index (χ2v) is 16.8. The molecule has 14 nitrogen and oxygen atoms in total. The Morgan fingerprint density at radius 1 is 1.00 bits per heavy atom. The van der Waals surface area contributed by atoms with Gasteiger partial charge in [-0.2, -0.15) is 0 Å². The molecule has 2 aromatic heterocycles. The fraction of sp³-hybridized carbons (Fsp3) is 0.714. The SMILES string of the molecule is CC[C@H]1OC(=O)[C@H](C)C(=O)[C@H](C)[C@@H](OC2OC(C)CC(C)C2O)[C@](C)(OC)C[C@@H](C)C(=O)[C@H](C)[C@H]2N(CCCCn3cnc(-c4cccnc4)c3)C(=O)O[C@]12C. The fourth-order valence-electron chi connectivity index (χ4n) is 9.19. The van der Waals surface area contributed by atoms with Crippen LogP contribution >= 0.6 is 0 Å². The highest BCUT2D eigenvalue weighted by Crippen LogP contribution is 2.43. The van der Waals surface area contributed by atoms with Gasteiger partial charge in [0.2, 0.25) is 0 Å². The van der Waals surface area contributed by atoms with Crippen LogP contribution in [0.1, 0.15) is 94.4 Å². The minimum Gasteiger partial charge on any atom is -0.458 e. The van der Waals surface area contributed by atoms with Gasteiger partial charge >= 0.3 is 12.1 Å². The minimum absolute atomic E-state index is 0.131. The van der Waals surface area contributed by atoms with E-state index in [1.165, 1.54) is 14.0 Å². The molecule has 56 heavy (non-hydrogen) atoms. The maximum atomic E-state index is 14.6. The first-order chi connectivity index (χ1) is 26.4. The molecule has 310 valence electrons. The Kier molecular flexibility index (Phi) is 13.8. The number of amides is 1. The molecule has 4 unspecified atom stereocenters. The quantitative estimate of drug-likeness (QED) is 0.179. The van der Waals surface area contributed by atoms with Crippen LogP contribution in [-0.4, -0.2) is 110 Å². The molecule has 3 aliphatic rings. The second-order valence-electron chi connectivity index (χ2n) is 16.8. The lowest BCUT2D eigenvalue weighted by Gasteiger charge is -2.46. The van der Waals surface area contributed by atoms with E-state index in [4.69, 9.17) is 23.7 Å². The van der Waals surface area contributed by atoms with Gasteiger partial charge in [-0.05, 0) is 77.8 Å². The maximum Gasteiger partial charge on any atom is 0.410 e. The van der Waals surface area contributed by atoms with Crippen LogP contribution in [0.3, 0.4) is 0 Å². The van der Waals surface area contributed by atoms with Gasteiger partial charge in [0.05, 0.1) is 35.9 Å². The number of imidazole rings is 1. The van der Waals surface area contributed by atoms with Crippen molar-refractivity contribution < 1.29 is 48.0 Å². The summed E-state index contributed by atoms with van der Waals surface area (Å²) in [6.45, 7) is 16.9. The van der Waals surface area contributed by atoms with Crippen LogP contribution in [0.5, 0.6) is 0 Å². The summed E-state index contributed by atoms with van der Waals surface area (Å²) in [6, 6.07) is 3.03. The highest BCUT2D eigenvalue weighted by atomic mass is 16.7. The van der Waals surface area contributed by atoms with E-state index in [1.54, 1.807) is 51.3 Å². The van der Waals surface area contributed by atoms with Gasteiger partial charge in [0.1, 0.15) is 23.9 Å². The van der Waals surface area contributed by atoms with Crippen LogP contribution < -0.4 is 0 Å². The van der Waals surface area contributed by atoms with Crippen LogP contribution in [-0.2, 0) is 44.6 Å². The molecule has 1 amide bonds. The predicted octanol–water partition coefficient (Wildman–Crippen LogP) is 5.64. The van der Waals surface area contributed by atoms with Crippen LogP contribution in [0, 0.1) is 29.6 Å². The molecule has 3 saturated heterocycles. The van der Waals surface area contributed by atoms with Gasteiger partial charge in [0, 0.05) is 62.1 Å². The molecule has 0 spiro atoms. The maximum absolute atomic E-state index is 14.6. The molecule has 0 aromatic carbocycles. The molecule has 0 saturated carbocycles. The molecule has 0 radical (unpaired) electrons. The minimum atomic E-state index is -1.39. The lowest BCUT2D eigenvalue weighted by molar-refractivity contribution is -0.294. The number of Topliss-reactive ketones (excluding diaryl/α,β-unsaturated/α-hetero) is 2. The number of esters is 1. The Bertz CT molecular complexity index is 1690. The largest absolute Gasteiger partial charge is 0.458 e. The predicted molar refractivity (Wildman–Crippen MR) is 206 cm³/mol. The van der Waals surface area contributed by atoms with Crippen molar-refractivity contribution in [2.24, 2.45) is 29.6 Å². The molecule has 2 aromatic rings. The third-order valence-corrected chi connectivity index (χ3v) is 12.5. The number of aromatic nitrogens is 3. The number of pyridine rings is 1.